The number of hydrogen-bond acceptors (Lipinski definition) is 9. The molecular weight excluding hydrogens is 480 g/mol. The largest absolute Gasteiger partial charge is 0.338 e. The maximum Gasteiger partial charge on any atom is 0.238 e. The van der Waals surface area contributed by atoms with Crippen LogP contribution in [0, 0.1) is 0 Å². The highest BCUT2D eigenvalue weighted by molar-refractivity contribution is 5.93. The molecule has 10 nitrogen and oxygen atoms in total. The quantitative estimate of drug-likeness (QED) is 0.344. The van der Waals surface area contributed by atoms with Crippen LogP contribution in [0.15, 0.2) is 47.4 Å². The van der Waals surface area contributed by atoms with Crippen LogP contribution < -0.4 is 5.32 Å². The summed E-state index contributed by atoms with van der Waals surface area (Å²) in [7, 11) is 1.86. The fraction of sp³-hybridized carbons (Fsp3) is 0.429. The van der Waals surface area contributed by atoms with Gasteiger partial charge >= 0.3 is 0 Å². The van der Waals surface area contributed by atoms with Crippen molar-refractivity contribution in [2.24, 2.45) is 7.05 Å². The zero-order chi connectivity index (χ0) is 26.9. The van der Waals surface area contributed by atoms with E-state index in [1.807, 2.05) is 40.1 Å². The molecule has 0 spiro atoms. The molecule has 0 aliphatic carbocycles. The molecule has 1 aromatic carbocycles. The van der Waals surface area contributed by atoms with Crippen molar-refractivity contribution in [1.29, 1.82) is 0 Å². The molecule has 1 N–H and O–H groups in total. The van der Waals surface area contributed by atoms with Gasteiger partial charge in [-0.3, -0.25) is 14.4 Å². The van der Waals surface area contributed by atoms with Crippen molar-refractivity contribution in [2.75, 3.05) is 18.4 Å². The molecule has 0 saturated heterocycles. The lowest BCUT2D eigenvalue weighted by molar-refractivity contribution is 0.0958. The molecule has 38 heavy (non-hydrogen) atoms. The van der Waals surface area contributed by atoms with Gasteiger partial charge in [-0.15, -0.1) is 0 Å². The summed E-state index contributed by atoms with van der Waals surface area (Å²) in [5.41, 5.74) is 4.78. The van der Waals surface area contributed by atoms with Gasteiger partial charge < -0.3 is 9.84 Å². The Labute approximate surface area is 222 Å². The lowest BCUT2D eigenvalue weighted by Crippen LogP contribution is -2.22. The summed E-state index contributed by atoms with van der Waals surface area (Å²) in [6.45, 7) is 10.8. The Morgan fingerprint density at radius 2 is 2.05 bits per heavy atom. The number of ketones is 1. The molecule has 3 aromatic heterocycles. The second-order valence-corrected chi connectivity index (χ2v) is 10.9. The Morgan fingerprint density at radius 1 is 1.21 bits per heavy atom. The third kappa shape index (κ3) is 5.65. The Balaban J connectivity index is 1.40. The molecule has 4 heterocycles. The van der Waals surface area contributed by atoms with Crippen molar-refractivity contribution < 1.29 is 9.32 Å². The number of hydrogen-bond donors (Lipinski definition) is 1. The lowest BCUT2D eigenvalue weighted by atomic mass is 9.87. The van der Waals surface area contributed by atoms with Gasteiger partial charge in [-0.05, 0) is 48.7 Å². The van der Waals surface area contributed by atoms with Gasteiger partial charge in [-0.2, -0.15) is 10.1 Å². The van der Waals surface area contributed by atoms with Gasteiger partial charge in [0, 0.05) is 43.4 Å². The summed E-state index contributed by atoms with van der Waals surface area (Å²) in [6.07, 6.45) is 6.60. The molecule has 5 rings (SSSR count). The highest BCUT2D eigenvalue weighted by Crippen LogP contribution is 2.34. The summed E-state index contributed by atoms with van der Waals surface area (Å²) < 4.78 is 7.09. The molecular formula is C28H34N8O2. The average molecular weight is 515 g/mol. The van der Waals surface area contributed by atoms with E-state index in [2.05, 4.69) is 55.6 Å². The van der Waals surface area contributed by atoms with Gasteiger partial charge in [-0.1, -0.05) is 45.0 Å². The number of rotatable bonds is 7. The van der Waals surface area contributed by atoms with Crippen LogP contribution in [0.5, 0.6) is 0 Å². The highest BCUT2D eigenvalue weighted by Gasteiger charge is 2.28. The first-order chi connectivity index (χ1) is 18.2. The normalized spacial score (nSPS) is 16.2. The van der Waals surface area contributed by atoms with Gasteiger partial charge in [0.2, 0.25) is 23.4 Å². The van der Waals surface area contributed by atoms with Crippen molar-refractivity contribution in [1.82, 2.24) is 34.8 Å². The van der Waals surface area contributed by atoms with Gasteiger partial charge in [0.15, 0.2) is 0 Å². The van der Waals surface area contributed by atoms with Crippen LogP contribution >= 0.6 is 0 Å². The number of benzene rings is 1. The highest BCUT2D eigenvalue weighted by atomic mass is 16.5. The van der Waals surface area contributed by atoms with Crippen molar-refractivity contribution in [2.45, 2.75) is 58.4 Å². The molecule has 0 fully saturated rings. The van der Waals surface area contributed by atoms with Gasteiger partial charge in [-0.25, -0.2) is 9.97 Å². The molecule has 0 amide bonds. The number of nitrogens with zero attached hydrogens (tertiary/aromatic N) is 7. The van der Waals surface area contributed by atoms with E-state index in [1.54, 1.807) is 17.1 Å². The van der Waals surface area contributed by atoms with Crippen molar-refractivity contribution in [3.63, 3.8) is 0 Å². The van der Waals surface area contributed by atoms with E-state index >= 15 is 0 Å². The number of aryl methyl sites for hydroxylation is 1. The predicted molar refractivity (Wildman–Crippen MR) is 144 cm³/mol. The van der Waals surface area contributed by atoms with Crippen LogP contribution in [-0.2, 0) is 19.0 Å². The fourth-order valence-electron chi connectivity index (χ4n) is 4.75. The maximum absolute atomic E-state index is 13.2. The van der Waals surface area contributed by atoms with Gasteiger partial charge in [0.1, 0.15) is 0 Å². The zero-order valence-corrected chi connectivity index (χ0v) is 22.6. The Bertz CT molecular complexity index is 1430. The summed E-state index contributed by atoms with van der Waals surface area (Å²) in [5.74, 6) is 1.15. The number of Topliss-reactive ketones (excluding diaryl/α,β-unsaturated/α-hetero) is 1. The van der Waals surface area contributed by atoms with E-state index < -0.39 is 0 Å². The van der Waals surface area contributed by atoms with Crippen molar-refractivity contribution in [3.05, 3.63) is 65.7 Å². The SMILES string of the molecule is CCN1CC[C@@H](CC(=O)c2noc(C(C)(C)C)n2)c2ccc(-c3ccnc(Nc4cnn(C)c4)n3)cc2C1. The second kappa shape index (κ2) is 10.4. The lowest BCUT2D eigenvalue weighted by Gasteiger charge is -2.18. The first-order valence-corrected chi connectivity index (χ1v) is 13.0. The molecule has 0 radical (unpaired) electrons. The summed E-state index contributed by atoms with van der Waals surface area (Å²) >= 11 is 0. The molecule has 1 atom stereocenters. The number of anilines is 2. The zero-order valence-electron chi connectivity index (χ0n) is 22.6. The smallest absolute Gasteiger partial charge is 0.238 e. The third-order valence-electron chi connectivity index (χ3n) is 6.88. The first-order valence-electron chi connectivity index (χ1n) is 13.0. The van der Waals surface area contributed by atoms with E-state index in [-0.39, 0.29) is 22.9 Å². The summed E-state index contributed by atoms with van der Waals surface area (Å²) in [6, 6.07) is 8.34. The number of carbonyl (C=O) groups excluding carboxylic acids is 1. The van der Waals surface area contributed by atoms with Crippen molar-refractivity contribution in [3.8, 4) is 11.3 Å². The van der Waals surface area contributed by atoms with E-state index in [9.17, 15) is 4.79 Å². The molecule has 0 unspecified atom stereocenters. The maximum atomic E-state index is 13.2. The van der Waals surface area contributed by atoms with Crippen LogP contribution in [0.2, 0.25) is 0 Å². The Morgan fingerprint density at radius 3 is 2.76 bits per heavy atom. The summed E-state index contributed by atoms with van der Waals surface area (Å²) in [5, 5.41) is 11.4. The molecule has 1 aliphatic rings. The minimum absolute atomic E-state index is 0.0768. The average Bonchev–Trinajstić information content (AvgIpc) is 3.51. The van der Waals surface area contributed by atoms with Crippen molar-refractivity contribution >= 4 is 17.4 Å². The minimum Gasteiger partial charge on any atom is -0.338 e. The number of aromatic nitrogens is 6. The standard InChI is InChI=1S/C28H34N8O2/c1-6-36-12-10-18(14-24(37)25-33-26(38-34-25)28(2,3)4)22-8-7-19(13-20(22)16-36)23-9-11-29-27(32-23)31-21-15-30-35(5)17-21/h7-9,11,13,15,17-18H,6,10,12,14,16H2,1-5H3,(H,29,31,32)/t18-/m0/s1. The van der Waals surface area contributed by atoms with E-state index in [0.717, 1.165) is 43.0 Å². The van der Waals surface area contributed by atoms with Crippen LogP contribution in [0.1, 0.15) is 74.1 Å². The molecule has 10 heteroatoms. The van der Waals surface area contributed by atoms with Gasteiger partial charge in [0.25, 0.3) is 0 Å². The number of nitrogens with one attached hydrogen (secondary N) is 1. The van der Waals surface area contributed by atoms with E-state index in [0.29, 0.717) is 18.3 Å². The molecule has 198 valence electrons. The predicted octanol–water partition coefficient (Wildman–Crippen LogP) is 4.88. The fourth-order valence-corrected chi connectivity index (χ4v) is 4.75. The van der Waals surface area contributed by atoms with Crippen LogP contribution in [0.25, 0.3) is 11.3 Å². The minimum atomic E-state index is -0.299. The second-order valence-electron chi connectivity index (χ2n) is 10.9. The van der Waals surface area contributed by atoms with Crippen LogP contribution in [-0.4, -0.2) is 53.7 Å². The topological polar surface area (TPSA) is 115 Å². The molecule has 0 bridgehead atoms. The molecule has 0 saturated carbocycles. The number of fused-ring (bicyclic) bond motifs is 1. The number of carbonyl (C=O) groups is 1. The third-order valence-corrected chi connectivity index (χ3v) is 6.88. The van der Waals surface area contributed by atoms with Gasteiger partial charge in [0.05, 0.1) is 17.6 Å². The Kier molecular flexibility index (Phi) is 7.07. The van der Waals surface area contributed by atoms with E-state index in [1.165, 1.54) is 11.1 Å². The van der Waals surface area contributed by atoms with Crippen LogP contribution in [0.4, 0.5) is 11.6 Å². The summed E-state index contributed by atoms with van der Waals surface area (Å²) in [4.78, 5) is 29.1. The first kappa shape index (κ1) is 25.7. The van der Waals surface area contributed by atoms with E-state index in [4.69, 9.17) is 9.51 Å². The Hall–Kier alpha value is -3.92. The molecule has 1 aliphatic heterocycles. The van der Waals surface area contributed by atoms with Crippen LogP contribution in [0.3, 0.4) is 0 Å². The molecule has 4 aromatic rings. The monoisotopic (exact) mass is 514 g/mol.